The Balaban J connectivity index is 1.50. The highest BCUT2D eigenvalue weighted by Crippen LogP contribution is 2.34. The Labute approximate surface area is 134 Å². The van der Waals surface area contributed by atoms with Crippen molar-refractivity contribution in [3.05, 3.63) is 40.9 Å². The second-order valence-corrected chi connectivity index (χ2v) is 7.48. The van der Waals surface area contributed by atoms with Crippen molar-refractivity contribution in [2.45, 2.75) is 44.3 Å². The fraction of sp³-hybridized carbons (Fsp3) is 0.444. The highest BCUT2D eigenvalue weighted by molar-refractivity contribution is 9.10. The highest BCUT2D eigenvalue weighted by Gasteiger charge is 2.38. The van der Waals surface area contributed by atoms with E-state index in [1.807, 2.05) is 0 Å². The number of halogens is 1. The second-order valence-electron chi connectivity index (χ2n) is 6.56. The van der Waals surface area contributed by atoms with Crippen molar-refractivity contribution in [3.8, 4) is 0 Å². The summed E-state index contributed by atoms with van der Waals surface area (Å²) < 4.78 is 1.14. The van der Waals surface area contributed by atoms with Crippen LogP contribution >= 0.6 is 15.9 Å². The number of anilines is 1. The van der Waals surface area contributed by atoms with Crippen LogP contribution in [0.5, 0.6) is 0 Å². The zero-order chi connectivity index (χ0) is 14.4. The number of hydrogen-bond acceptors (Lipinski definition) is 2. The number of nitrogens with one attached hydrogen (secondary N) is 1. The van der Waals surface area contributed by atoms with E-state index in [-0.39, 0.29) is 0 Å². The van der Waals surface area contributed by atoms with Gasteiger partial charge in [0.15, 0.2) is 0 Å². The fourth-order valence-corrected chi connectivity index (χ4v) is 4.00. The maximum atomic E-state index is 3.74. The molecule has 1 N–H and O–H groups in total. The molecule has 2 nitrogen and oxygen atoms in total. The van der Waals surface area contributed by atoms with E-state index in [9.17, 15) is 0 Å². The van der Waals surface area contributed by atoms with E-state index in [2.05, 4.69) is 69.5 Å². The Bertz CT molecular complexity index is 665. The monoisotopic (exact) mass is 344 g/mol. The molecule has 0 radical (unpaired) electrons. The quantitative estimate of drug-likeness (QED) is 0.872. The van der Waals surface area contributed by atoms with Crippen LogP contribution in [0.3, 0.4) is 0 Å². The first-order chi connectivity index (χ1) is 10.2. The zero-order valence-corrected chi connectivity index (χ0v) is 13.9. The van der Waals surface area contributed by atoms with Gasteiger partial charge in [0.05, 0.1) is 0 Å². The minimum Gasteiger partial charge on any atom is -0.381 e. The van der Waals surface area contributed by atoms with E-state index in [1.54, 1.807) is 0 Å². The predicted molar refractivity (Wildman–Crippen MR) is 92.9 cm³/mol. The van der Waals surface area contributed by atoms with Gasteiger partial charge in [-0.05, 0) is 61.2 Å². The van der Waals surface area contributed by atoms with Crippen molar-refractivity contribution in [3.63, 3.8) is 0 Å². The molecule has 4 rings (SSSR count). The van der Waals surface area contributed by atoms with Crippen molar-refractivity contribution < 1.29 is 0 Å². The summed E-state index contributed by atoms with van der Waals surface area (Å²) in [5.74, 6) is 0. The molecule has 1 aliphatic heterocycles. The maximum Gasteiger partial charge on any atom is 0.0403 e. The third-order valence-electron chi connectivity index (χ3n) is 4.81. The number of hydrogen-bond donors (Lipinski definition) is 1. The summed E-state index contributed by atoms with van der Waals surface area (Å²) in [6, 6.07) is 15.3. The van der Waals surface area contributed by atoms with Crippen molar-refractivity contribution >= 4 is 32.4 Å². The van der Waals surface area contributed by atoms with Gasteiger partial charge in [0.2, 0.25) is 0 Å². The maximum absolute atomic E-state index is 3.74. The molecule has 2 atom stereocenters. The molecule has 0 aromatic heterocycles. The minimum absolute atomic E-state index is 0.591. The first-order valence-corrected chi connectivity index (χ1v) is 8.70. The summed E-state index contributed by atoms with van der Waals surface area (Å²) in [5.41, 5.74) is 1.25. The van der Waals surface area contributed by atoms with Crippen LogP contribution in [-0.4, -0.2) is 29.6 Å². The SMILES string of the molecule is CC1CC(Nc2ccc3cc(Br)ccc3c2)CN1C1CC1. The molecule has 0 amide bonds. The van der Waals surface area contributed by atoms with Crippen LogP contribution < -0.4 is 5.32 Å². The van der Waals surface area contributed by atoms with E-state index in [0.29, 0.717) is 6.04 Å². The van der Waals surface area contributed by atoms with Gasteiger partial charge in [-0.2, -0.15) is 0 Å². The molecule has 2 aromatic rings. The normalized spacial score (nSPS) is 26.4. The van der Waals surface area contributed by atoms with Gasteiger partial charge in [-0.15, -0.1) is 0 Å². The van der Waals surface area contributed by atoms with Crippen LogP contribution in [0.25, 0.3) is 10.8 Å². The Morgan fingerprint density at radius 3 is 2.67 bits per heavy atom. The fourth-order valence-electron chi connectivity index (χ4n) is 3.62. The average Bonchev–Trinajstić information content (AvgIpc) is 3.24. The molecule has 21 heavy (non-hydrogen) atoms. The highest BCUT2D eigenvalue weighted by atomic mass is 79.9. The lowest BCUT2D eigenvalue weighted by molar-refractivity contribution is 0.257. The van der Waals surface area contributed by atoms with E-state index in [0.717, 1.165) is 16.6 Å². The minimum atomic E-state index is 0.591. The van der Waals surface area contributed by atoms with Crippen LogP contribution in [0, 0.1) is 0 Å². The van der Waals surface area contributed by atoms with E-state index in [4.69, 9.17) is 0 Å². The lowest BCUT2D eigenvalue weighted by Crippen LogP contribution is -2.30. The lowest BCUT2D eigenvalue weighted by atomic mass is 10.1. The molecule has 0 bridgehead atoms. The summed E-state index contributed by atoms with van der Waals surface area (Å²) in [4.78, 5) is 2.69. The number of likely N-dealkylation sites (tertiary alicyclic amines) is 1. The van der Waals surface area contributed by atoms with E-state index >= 15 is 0 Å². The summed E-state index contributed by atoms with van der Waals surface area (Å²) in [7, 11) is 0. The standard InChI is InChI=1S/C18H21BrN2/c1-12-8-17(11-21(12)18-6-7-18)20-16-5-3-13-9-15(19)4-2-14(13)10-16/h2-5,9-10,12,17-18,20H,6-8,11H2,1H3. The molecule has 2 aromatic carbocycles. The molecule has 1 saturated heterocycles. The smallest absolute Gasteiger partial charge is 0.0403 e. The zero-order valence-electron chi connectivity index (χ0n) is 12.3. The Morgan fingerprint density at radius 1 is 1.10 bits per heavy atom. The summed E-state index contributed by atoms with van der Waals surface area (Å²) in [6.45, 7) is 3.57. The molecular formula is C18H21BrN2. The van der Waals surface area contributed by atoms with Gasteiger partial charge in [-0.25, -0.2) is 0 Å². The molecule has 2 aliphatic rings. The number of rotatable bonds is 3. The first kappa shape index (κ1) is 13.6. The Kier molecular flexibility index (Phi) is 3.43. The molecule has 3 heteroatoms. The van der Waals surface area contributed by atoms with E-state index in [1.165, 1.54) is 42.3 Å². The third kappa shape index (κ3) is 2.82. The van der Waals surface area contributed by atoms with Crippen LogP contribution in [0.15, 0.2) is 40.9 Å². The third-order valence-corrected chi connectivity index (χ3v) is 5.31. The van der Waals surface area contributed by atoms with Gasteiger partial charge in [-0.1, -0.05) is 28.1 Å². The predicted octanol–water partition coefficient (Wildman–Crippen LogP) is 4.64. The largest absolute Gasteiger partial charge is 0.381 e. The Hall–Kier alpha value is -1.06. The van der Waals surface area contributed by atoms with E-state index < -0.39 is 0 Å². The van der Waals surface area contributed by atoms with Crippen LogP contribution in [0.1, 0.15) is 26.2 Å². The number of nitrogens with zero attached hydrogens (tertiary/aromatic N) is 1. The summed E-state index contributed by atoms with van der Waals surface area (Å²) >= 11 is 3.53. The molecule has 110 valence electrons. The molecule has 2 unspecified atom stereocenters. The van der Waals surface area contributed by atoms with Crippen molar-refractivity contribution in [2.75, 3.05) is 11.9 Å². The number of fused-ring (bicyclic) bond motifs is 1. The molecule has 1 aliphatic carbocycles. The topological polar surface area (TPSA) is 15.3 Å². The Morgan fingerprint density at radius 2 is 1.86 bits per heavy atom. The van der Waals surface area contributed by atoms with Crippen LogP contribution in [-0.2, 0) is 0 Å². The second kappa shape index (κ2) is 5.29. The van der Waals surface area contributed by atoms with Crippen molar-refractivity contribution in [1.29, 1.82) is 0 Å². The van der Waals surface area contributed by atoms with Crippen molar-refractivity contribution in [1.82, 2.24) is 4.90 Å². The van der Waals surface area contributed by atoms with Gasteiger partial charge >= 0.3 is 0 Å². The molecule has 1 saturated carbocycles. The summed E-state index contributed by atoms with van der Waals surface area (Å²) in [5, 5.41) is 6.32. The average molecular weight is 345 g/mol. The molecular weight excluding hydrogens is 324 g/mol. The molecule has 0 spiro atoms. The number of benzene rings is 2. The summed E-state index contributed by atoms with van der Waals surface area (Å²) in [6.07, 6.45) is 4.07. The van der Waals surface area contributed by atoms with Gasteiger partial charge in [0.1, 0.15) is 0 Å². The van der Waals surface area contributed by atoms with Crippen LogP contribution in [0.2, 0.25) is 0 Å². The van der Waals surface area contributed by atoms with Gasteiger partial charge < -0.3 is 5.32 Å². The van der Waals surface area contributed by atoms with Crippen LogP contribution in [0.4, 0.5) is 5.69 Å². The molecule has 1 heterocycles. The molecule has 2 fully saturated rings. The van der Waals surface area contributed by atoms with Crippen molar-refractivity contribution in [2.24, 2.45) is 0 Å². The van der Waals surface area contributed by atoms with Gasteiger partial charge in [0, 0.05) is 34.8 Å². The lowest BCUT2D eigenvalue weighted by Gasteiger charge is -2.20. The van der Waals surface area contributed by atoms with Gasteiger partial charge in [0.25, 0.3) is 0 Å². The van der Waals surface area contributed by atoms with Gasteiger partial charge in [-0.3, -0.25) is 4.90 Å². The first-order valence-electron chi connectivity index (χ1n) is 7.90.